The lowest BCUT2D eigenvalue weighted by Crippen LogP contribution is -2.04. The molecule has 0 fully saturated rings. The lowest BCUT2D eigenvalue weighted by molar-refractivity contribution is 0.135. The van der Waals surface area contributed by atoms with E-state index < -0.39 is 16.3 Å². The summed E-state index contributed by atoms with van der Waals surface area (Å²) >= 11 is 0. The van der Waals surface area contributed by atoms with Crippen molar-refractivity contribution >= 4 is 16.3 Å². The molecule has 0 heterocycles. The average molecular weight is 248 g/mol. The third-order valence-corrected chi connectivity index (χ3v) is 3.25. The van der Waals surface area contributed by atoms with Crippen molar-refractivity contribution < 1.29 is 33.3 Å². The van der Waals surface area contributed by atoms with E-state index >= 15 is 0 Å². The van der Waals surface area contributed by atoms with Crippen LogP contribution in [0.5, 0.6) is 0 Å². The van der Waals surface area contributed by atoms with Gasteiger partial charge < -0.3 is 0 Å². The van der Waals surface area contributed by atoms with Gasteiger partial charge in [0.05, 0.1) is 4.31 Å². The molecule has 9 heteroatoms. The molecule has 84 valence electrons. The second-order valence-corrected chi connectivity index (χ2v) is 5.54. The lowest BCUT2D eigenvalue weighted by atomic mass is 10.3. The van der Waals surface area contributed by atoms with Crippen molar-refractivity contribution in [3.05, 3.63) is 12.2 Å². The highest BCUT2D eigenvalue weighted by atomic mass is 31.3. The van der Waals surface area contributed by atoms with Crippen LogP contribution in [-0.2, 0) is 8.83 Å². The fraction of sp³-hybridized carbons (Fsp3) is 0.600. The Morgan fingerprint density at radius 1 is 1.21 bits per heavy atom. The molecule has 14 heavy (non-hydrogen) atoms. The van der Waals surface area contributed by atoms with Crippen LogP contribution in [0.25, 0.3) is 0 Å². The second-order valence-electron chi connectivity index (χ2n) is 2.63. The summed E-state index contributed by atoms with van der Waals surface area (Å²) in [5, 5.41) is 0. The van der Waals surface area contributed by atoms with Crippen LogP contribution in [0.1, 0.15) is 13.3 Å². The smallest absolute Gasteiger partial charge is 0.165 e. The zero-order chi connectivity index (χ0) is 11.4. The van der Waals surface area contributed by atoms with Gasteiger partial charge in [-0.25, -0.2) is 0 Å². The Morgan fingerprint density at radius 3 is 2.07 bits per heavy atom. The molecule has 0 unspecified atom stereocenters. The highest BCUT2D eigenvalue weighted by Crippen LogP contribution is 2.67. The van der Waals surface area contributed by atoms with E-state index in [9.17, 15) is 0 Å². The van der Waals surface area contributed by atoms with Gasteiger partial charge in [0.25, 0.3) is 0 Å². The van der Waals surface area contributed by atoms with Gasteiger partial charge in [-0.15, -0.1) is 6.58 Å². The quantitative estimate of drug-likeness (QED) is 0.338. The van der Waals surface area contributed by atoms with E-state index in [-0.39, 0.29) is 6.61 Å². The van der Waals surface area contributed by atoms with Crippen LogP contribution in [-0.4, -0.2) is 31.1 Å². The molecule has 0 spiro atoms. The van der Waals surface area contributed by atoms with Crippen LogP contribution in [0.3, 0.4) is 0 Å². The maximum absolute atomic E-state index is 8.90. The third kappa shape index (κ3) is 8.90. The molecule has 0 aromatic rings. The molecule has 0 aromatic heterocycles. The van der Waals surface area contributed by atoms with Gasteiger partial charge in [0, 0.05) is 0 Å². The molecule has 0 saturated heterocycles. The van der Waals surface area contributed by atoms with E-state index in [0.29, 0.717) is 6.42 Å². The van der Waals surface area contributed by atoms with Crippen molar-refractivity contribution in [1.82, 2.24) is 0 Å². The van der Waals surface area contributed by atoms with Gasteiger partial charge >= 0.3 is 16.3 Å². The Bertz CT molecular complexity index is 199. The van der Waals surface area contributed by atoms with Crippen molar-refractivity contribution in [2.45, 2.75) is 13.3 Å². The molecule has 0 atom stereocenters. The molecule has 0 aliphatic rings. The van der Waals surface area contributed by atoms with Gasteiger partial charge in [-0.05, 0) is 13.3 Å². The maximum atomic E-state index is 8.90. The van der Waals surface area contributed by atoms with Gasteiger partial charge in [0.15, 0.2) is 0 Å². The minimum atomic E-state index is -4.70. The third-order valence-electron chi connectivity index (χ3n) is 1.00. The molecule has 0 bridgehead atoms. The first kappa shape index (κ1) is 14.3. The first-order valence-corrected chi connectivity index (χ1v) is 6.64. The maximum Gasteiger partial charge on any atom is 0.620 e. The molecular formula is C5H14O7P2+2. The molecule has 0 amide bonds. The Balaban J connectivity index is 3.89. The van der Waals surface area contributed by atoms with E-state index in [0.717, 1.165) is 5.57 Å². The highest BCUT2D eigenvalue weighted by Gasteiger charge is 2.57. The first-order chi connectivity index (χ1) is 6.12. The summed E-state index contributed by atoms with van der Waals surface area (Å²) in [7, 11) is -9.06. The minimum absolute atomic E-state index is 0.101. The van der Waals surface area contributed by atoms with Crippen LogP contribution >= 0.6 is 16.3 Å². The van der Waals surface area contributed by atoms with Crippen LogP contribution in [0.15, 0.2) is 12.2 Å². The van der Waals surface area contributed by atoms with Crippen LogP contribution in [0.2, 0.25) is 0 Å². The molecule has 0 aliphatic heterocycles. The molecule has 5 N–H and O–H groups in total. The molecule has 0 saturated carbocycles. The predicted octanol–water partition coefficient (Wildman–Crippen LogP) is 0.302. The van der Waals surface area contributed by atoms with Crippen LogP contribution in [0.4, 0.5) is 0 Å². The Hall–Kier alpha value is 0.320. The summed E-state index contributed by atoms with van der Waals surface area (Å²) in [5.41, 5.74) is 0.753. The van der Waals surface area contributed by atoms with Gasteiger partial charge in [-0.1, -0.05) is 5.57 Å². The van der Waals surface area contributed by atoms with E-state index in [1.165, 1.54) is 0 Å². The summed E-state index contributed by atoms with van der Waals surface area (Å²) in [5.74, 6) is 0. The Kier molecular flexibility index (Phi) is 5.54. The minimum Gasteiger partial charge on any atom is -0.165 e. The fourth-order valence-electron chi connectivity index (χ4n) is 0.505. The normalized spacial score (nSPS) is 13.0. The lowest BCUT2D eigenvalue weighted by Gasteiger charge is -2.07. The summed E-state index contributed by atoms with van der Waals surface area (Å²) in [4.78, 5) is 42.9. The molecular weight excluding hydrogens is 234 g/mol. The van der Waals surface area contributed by atoms with E-state index in [2.05, 4.69) is 15.4 Å². The van der Waals surface area contributed by atoms with Crippen molar-refractivity contribution in [3.8, 4) is 0 Å². The van der Waals surface area contributed by atoms with Crippen LogP contribution < -0.4 is 0 Å². The molecule has 7 nitrogen and oxygen atoms in total. The van der Waals surface area contributed by atoms with Gasteiger partial charge in [0.1, 0.15) is 6.61 Å². The van der Waals surface area contributed by atoms with Crippen molar-refractivity contribution in [3.63, 3.8) is 0 Å². The molecule has 0 rings (SSSR count). The van der Waals surface area contributed by atoms with E-state index in [1.54, 1.807) is 6.92 Å². The number of rotatable bonds is 6. The number of hydrogen-bond donors (Lipinski definition) is 5. The van der Waals surface area contributed by atoms with Gasteiger partial charge in [-0.3, -0.25) is 0 Å². The molecule has 0 aromatic carbocycles. The number of hydrogen-bond acceptors (Lipinski definition) is 7. The second kappa shape index (κ2) is 5.42. The van der Waals surface area contributed by atoms with Gasteiger partial charge in [0.2, 0.25) is 0 Å². The summed E-state index contributed by atoms with van der Waals surface area (Å²) in [6.07, 6.45) is 0.361. The first-order valence-electron chi connectivity index (χ1n) is 3.54. The highest BCUT2D eigenvalue weighted by molar-refractivity contribution is 7.67. The summed E-state index contributed by atoms with van der Waals surface area (Å²) < 4.78 is 8.16. The van der Waals surface area contributed by atoms with Crippen molar-refractivity contribution in [1.29, 1.82) is 0 Å². The Labute approximate surface area is 82.6 Å². The summed E-state index contributed by atoms with van der Waals surface area (Å²) in [6, 6.07) is 0. The zero-order valence-corrected chi connectivity index (χ0v) is 9.36. The van der Waals surface area contributed by atoms with Gasteiger partial charge in [-0.2, -0.15) is 29.0 Å². The largest absolute Gasteiger partial charge is 0.620 e. The van der Waals surface area contributed by atoms with E-state index in [4.69, 9.17) is 24.5 Å². The average Bonchev–Trinajstić information content (AvgIpc) is 1.78. The zero-order valence-electron chi connectivity index (χ0n) is 7.57. The van der Waals surface area contributed by atoms with Crippen molar-refractivity contribution in [2.75, 3.05) is 6.61 Å². The predicted molar refractivity (Wildman–Crippen MR) is 51.4 cm³/mol. The standard InChI is InChI=1S/C5H14O7P2/c1-5(2)3-4-11-14(9,10)12-13(6,7)8/h6-10H,1,3-4H2,2H3/q+2. The molecule has 0 aliphatic carbocycles. The van der Waals surface area contributed by atoms with Crippen molar-refractivity contribution in [2.24, 2.45) is 0 Å². The van der Waals surface area contributed by atoms with Crippen LogP contribution in [0, 0.1) is 0 Å². The topological polar surface area (TPSA) is 120 Å². The monoisotopic (exact) mass is 248 g/mol. The molecule has 0 radical (unpaired) electrons. The Morgan fingerprint density at radius 2 is 1.71 bits per heavy atom. The summed E-state index contributed by atoms with van der Waals surface area (Å²) in [6.45, 7) is 5.14. The van der Waals surface area contributed by atoms with E-state index in [1.807, 2.05) is 0 Å². The fourth-order valence-corrected chi connectivity index (χ4v) is 2.16. The SMILES string of the molecule is C=C(C)CCO[P+](O)(O)O[P+](O)(O)O.